The topological polar surface area (TPSA) is 58.6 Å². The molecule has 1 unspecified atom stereocenters. The lowest BCUT2D eigenvalue weighted by Gasteiger charge is -2.35. The van der Waals surface area contributed by atoms with E-state index in [0.29, 0.717) is 0 Å². The maximum Gasteiger partial charge on any atom is 0.249 e. The molecular weight excluding hydrogens is 170 g/mol. The van der Waals surface area contributed by atoms with Gasteiger partial charge in [0.25, 0.3) is 0 Å². The first-order valence-electron chi connectivity index (χ1n) is 4.74. The van der Waals surface area contributed by atoms with Crippen LogP contribution >= 0.6 is 0 Å². The molecule has 13 heavy (non-hydrogen) atoms. The highest BCUT2D eigenvalue weighted by atomic mass is 16.5. The van der Waals surface area contributed by atoms with Crippen LogP contribution in [0.25, 0.3) is 0 Å². The standard InChI is InChI=1S/C9H15NO3/c1-9(8(11)10-12)4-6-2-3-7(5-9)13-6/h6-7,12H,2-5H2,1H3,(H,10,11)/t6-,7+,9?. The molecule has 0 saturated carbocycles. The van der Waals surface area contributed by atoms with Crippen molar-refractivity contribution in [2.24, 2.45) is 5.41 Å². The highest BCUT2D eigenvalue weighted by Gasteiger charge is 2.46. The van der Waals surface area contributed by atoms with E-state index in [1.54, 1.807) is 5.48 Å². The van der Waals surface area contributed by atoms with Crippen molar-refractivity contribution < 1.29 is 14.7 Å². The molecule has 1 amide bonds. The molecule has 4 nitrogen and oxygen atoms in total. The van der Waals surface area contributed by atoms with Crippen molar-refractivity contribution in [2.45, 2.75) is 44.8 Å². The fourth-order valence-corrected chi connectivity index (χ4v) is 2.49. The molecule has 0 aromatic heterocycles. The van der Waals surface area contributed by atoms with E-state index < -0.39 is 5.41 Å². The van der Waals surface area contributed by atoms with Gasteiger partial charge in [-0.2, -0.15) is 0 Å². The molecule has 2 aliphatic heterocycles. The number of fused-ring (bicyclic) bond motifs is 2. The summed E-state index contributed by atoms with van der Waals surface area (Å²) < 4.78 is 5.63. The monoisotopic (exact) mass is 185 g/mol. The van der Waals surface area contributed by atoms with Crippen LogP contribution in [-0.2, 0) is 9.53 Å². The number of hydrogen-bond acceptors (Lipinski definition) is 3. The molecule has 2 rings (SSSR count). The van der Waals surface area contributed by atoms with Crippen LogP contribution in [0.1, 0.15) is 32.6 Å². The molecule has 0 aliphatic carbocycles. The van der Waals surface area contributed by atoms with Gasteiger partial charge < -0.3 is 4.74 Å². The van der Waals surface area contributed by atoms with Crippen LogP contribution in [0.4, 0.5) is 0 Å². The zero-order chi connectivity index (χ0) is 9.47. The Hall–Kier alpha value is -0.610. The normalized spacial score (nSPS) is 43.2. The largest absolute Gasteiger partial charge is 0.375 e. The van der Waals surface area contributed by atoms with Gasteiger partial charge in [0.1, 0.15) is 0 Å². The molecule has 2 fully saturated rings. The van der Waals surface area contributed by atoms with Crippen LogP contribution in [-0.4, -0.2) is 23.3 Å². The van der Waals surface area contributed by atoms with E-state index >= 15 is 0 Å². The van der Waals surface area contributed by atoms with Crippen LogP contribution in [0.2, 0.25) is 0 Å². The van der Waals surface area contributed by atoms with Gasteiger partial charge in [-0.15, -0.1) is 0 Å². The van der Waals surface area contributed by atoms with Crippen LogP contribution in [0.15, 0.2) is 0 Å². The van der Waals surface area contributed by atoms with Crippen molar-refractivity contribution in [3.8, 4) is 0 Å². The van der Waals surface area contributed by atoms with Crippen LogP contribution in [0.5, 0.6) is 0 Å². The highest BCUT2D eigenvalue weighted by molar-refractivity contribution is 5.81. The van der Waals surface area contributed by atoms with Crippen LogP contribution in [0, 0.1) is 5.41 Å². The van der Waals surface area contributed by atoms with Crippen molar-refractivity contribution in [1.29, 1.82) is 0 Å². The van der Waals surface area contributed by atoms with Gasteiger partial charge in [-0.25, -0.2) is 5.48 Å². The summed E-state index contributed by atoms with van der Waals surface area (Å²) in [6.07, 6.45) is 4.02. The highest BCUT2D eigenvalue weighted by Crippen LogP contribution is 2.43. The van der Waals surface area contributed by atoms with Crippen molar-refractivity contribution in [3.63, 3.8) is 0 Å². The lowest BCUT2D eigenvalue weighted by molar-refractivity contribution is -0.149. The Kier molecular flexibility index (Phi) is 2.04. The van der Waals surface area contributed by atoms with E-state index in [-0.39, 0.29) is 18.1 Å². The lowest BCUT2D eigenvalue weighted by Crippen LogP contribution is -2.44. The van der Waals surface area contributed by atoms with E-state index in [0.717, 1.165) is 25.7 Å². The third-order valence-electron chi connectivity index (χ3n) is 3.20. The molecule has 2 heterocycles. The van der Waals surface area contributed by atoms with Gasteiger partial charge in [0.15, 0.2) is 0 Å². The molecule has 4 heteroatoms. The molecule has 0 radical (unpaired) electrons. The number of hydrogen-bond donors (Lipinski definition) is 2. The van der Waals surface area contributed by atoms with Gasteiger partial charge in [0.05, 0.1) is 17.6 Å². The van der Waals surface area contributed by atoms with Gasteiger partial charge in [0.2, 0.25) is 5.91 Å². The molecule has 0 aromatic rings. The average molecular weight is 185 g/mol. The number of amides is 1. The fourth-order valence-electron chi connectivity index (χ4n) is 2.49. The SMILES string of the molecule is CC1(C(=O)NO)C[C@H]2CC[C@@H](C1)O2. The van der Waals surface area contributed by atoms with Crippen LogP contribution in [0.3, 0.4) is 0 Å². The summed E-state index contributed by atoms with van der Waals surface area (Å²) in [5.41, 5.74) is 1.32. The van der Waals surface area contributed by atoms with Crippen molar-refractivity contribution in [2.75, 3.05) is 0 Å². The number of carbonyl (C=O) groups is 1. The Morgan fingerprint density at radius 1 is 1.46 bits per heavy atom. The van der Waals surface area contributed by atoms with Gasteiger partial charge in [0, 0.05) is 0 Å². The van der Waals surface area contributed by atoms with E-state index in [9.17, 15) is 4.79 Å². The second kappa shape index (κ2) is 2.96. The molecule has 74 valence electrons. The summed E-state index contributed by atoms with van der Waals surface area (Å²) in [5, 5.41) is 8.60. The molecular formula is C9H15NO3. The second-order valence-corrected chi connectivity index (χ2v) is 4.37. The minimum atomic E-state index is -0.432. The summed E-state index contributed by atoms with van der Waals surface area (Å²) >= 11 is 0. The maximum atomic E-state index is 11.4. The van der Waals surface area contributed by atoms with Crippen molar-refractivity contribution in [1.82, 2.24) is 5.48 Å². The van der Waals surface area contributed by atoms with E-state index in [2.05, 4.69) is 0 Å². The summed E-state index contributed by atoms with van der Waals surface area (Å²) in [7, 11) is 0. The Morgan fingerprint density at radius 3 is 2.46 bits per heavy atom. The predicted molar refractivity (Wildman–Crippen MR) is 45.2 cm³/mol. The zero-order valence-electron chi connectivity index (χ0n) is 7.75. The fraction of sp³-hybridized carbons (Fsp3) is 0.889. The maximum absolute atomic E-state index is 11.4. The number of rotatable bonds is 1. The second-order valence-electron chi connectivity index (χ2n) is 4.37. The van der Waals surface area contributed by atoms with Crippen LogP contribution < -0.4 is 5.48 Å². The predicted octanol–water partition coefficient (Wildman–Crippen LogP) is 0.839. The molecule has 0 spiro atoms. The van der Waals surface area contributed by atoms with Gasteiger partial charge in [-0.1, -0.05) is 6.92 Å². The molecule has 3 atom stereocenters. The first-order chi connectivity index (χ1) is 6.14. The third kappa shape index (κ3) is 1.44. The van der Waals surface area contributed by atoms with Gasteiger partial charge >= 0.3 is 0 Å². The third-order valence-corrected chi connectivity index (χ3v) is 3.20. The molecule has 0 aromatic carbocycles. The Labute approximate surface area is 77.2 Å². The molecule has 2 N–H and O–H groups in total. The zero-order valence-corrected chi connectivity index (χ0v) is 7.75. The number of ether oxygens (including phenoxy) is 1. The lowest BCUT2D eigenvalue weighted by atomic mass is 9.79. The van der Waals surface area contributed by atoms with Gasteiger partial charge in [-0.3, -0.25) is 10.0 Å². The Bertz CT molecular complexity index is 217. The van der Waals surface area contributed by atoms with Crippen molar-refractivity contribution in [3.05, 3.63) is 0 Å². The van der Waals surface area contributed by atoms with Crippen molar-refractivity contribution >= 4 is 5.91 Å². The summed E-state index contributed by atoms with van der Waals surface area (Å²) in [4.78, 5) is 11.4. The average Bonchev–Trinajstić information content (AvgIpc) is 2.44. The molecule has 2 saturated heterocycles. The van der Waals surface area contributed by atoms with E-state index in [1.165, 1.54) is 0 Å². The number of hydroxylamine groups is 1. The Balaban J connectivity index is 2.12. The smallest absolute Gasteiger partial charge is 0.249 e. The minimum absolute atomic E-state index is 0.223. The summed E-state index contributed by atoms with van der Waals surface area (Å²) in [6, 6.07) is 0. The van der Waals surface area contributed by atoms with E-state index in [4.69, 9.17) is 9.94 Å². The first-order valence-corrected chi connectivity index (χ1v) is 4.74. The number of nitrogens with one attached hydrogen (secondary N) is 1. The Morgan fingerprint density at radius 2 is 2.00 bits per heavy atom. The minimum Gasteiger partial charge on any atom is -0.375 e. The number of carbonyl (C=O) groups excluding carboxylic acids is 1. The summed E-state index contributed by atoms with van der Waals surface area (Å²) in [5.74, 6) is -0.271. The quantitative estimate of drug-likeness (QED) is 0.470. The first kappa shape index (κ1) is 8.97. The molecule has 2 aliphatic rings. The van der Waals surface area contributed by atoms with Gasteiger partial charge in [-0.05, 0) is 25.7 Å². The summed E-state index contributed by atoms with van der Waals surface area (Å²) in [6.45, 7) is 1.90. The molecule has 2 bridgehead atoms. The van der Waals surface area contributed by atoms with E-state index in [1.807, 2.05) is 6.92 Å².